The van der Waals surface area contributed by atoms with Gasteiger partial charge in [0.05, 0.1) is 12.7 Å². The van der Waals surface area contributed by atoms with Gasteiger partial charge in [0.2, 0.25) is 0 Å². The van der Waals surface area contributed by atoms with Crippen molar-refractivity contribution in [3.8, 4) is 0 Å². The van der Waals surface area contributed by atoms with E-state index in [9.17, 15) is 0 Å². The summed E-state index contributed by atoms with van der Waals surface area (Å²) in [6.45, 7) is 7.75. The molecule has 0 unspecified atom stereocenters. The van der Waals surface area contributed by atoms with Gasteiger partial charge in [-0.1, -0.05) is 32.9 Å². The van der Waals surface area contributed by atoms with Gasteiger partial charge in [-0.15, -0.1) is 0 Å². The van der Waals surface area contributed by atoms with Crippen LogP contribution >= 0.6 is 0 Å². The Bertz CT molecular complexity index is 164. The molecule has 1 rings (SSSR count). The molecule has 1 heterocycles. The second-order valence-electron chi connectivity index (χ2n) is 5.10. The van der Waals surface area contributed by atoms with Gasteiger partial charge in [-0.3, -0.25) is 0 Å². The first-order valence-corrected chi connectivity index (χ1v) is 5.34. The largest absolute Gasteiger partial charge is 0.378 e. The van der Waals surface area contributed by atoms with E-state index in [1.807, 2.05) is 0 Å². The predicted molar refractivity (Wildman–Crippen MR) is 56.8 cm³/mol. The molecule has 0 fully saturated rings. The van der Waals surface area contributed by atoms with Crippen LogP contribution in [0.3, 0.4) is 0 Å². The van der Waals surface area contributed by atoms with Crippen LogP contribution in [0.1, 0.15) is 46.5 Å². The van der Waals surface area contributed by atoms with E-state index in [1.165, 1.54) is 19.3 Å². The van der Waals surface area contributed by atoms with Crippen LogP contribution in [0.2, 0.25) is 0 Å². The molecular formula is C12H22O. The molecule has 1 nitrogen and oxygen atoms in total. The third-order valence-electron chi connectivity index (χ3n) is 2.30. The summed E-state index contributed by atoms with van der Waals surface area (Å²) in [5, 5.41) is 0. The zero-order valence-electron chi connectivity index (χ0n) is 9.18. The Morgan fingerprint density at radius 3 is 2.62 bits per heavy atom. The molecule has 0 radical (unpaired) electrons. The maximum atomic E-state index is 5.81. The topological polar surface area (TPSA) is 9.23 Å². The fourth-order valence-corrected chi connectivity index (χ4v) is 1.75. The van der Waals surface area contributed by atoms with Gasteiger partial charge < -0.3 is 4.74 Å². The van der Waals surface area contributed by atoms with Crippen molar-refractivity contribution in [3.63, 3.8) is 0 Å². The molecule has 0 saturated carbocycles. The van der Waals surface area contributed by atoms with Crippen molar-refractivity contribution in [2.45, 2.75) is 52.6 Å². The minimum atomic E-state index is 0.396. The molecule has 0 spiro atoms. The summed E-state index contributed by atoms with van der Waals surface area (Å²) in [5.74, 6) is 0. The average molecular weight is 182 g/mol. The molecule has 0 bridgehead atoms. The minimum absolute atomic E-state index is 0.396. The van der Waals surface area contributed by atoms with E-state index < -0.39 is 0 Å². The molecule has 0 aromatic rings. The molecular weight excluding hydrogens is 160 g/mol. The Morgan fingerprint density at radius 1 is 1.23 bits per heavy atom. The van der Waals surface area contributed by atoms with Gasteiger partial charge in [0, 0.05) is 0 Å². The summed E-state index contributed by atoms with van der Waals surface area (Å²) in [4.78, 5) is 0. The highest BCUT2D eigenvalue weighted by Crippen LogP contribution is 2.25. The maximum Gasteiger partial charge on any atom is 0.0583 e. The van der Waals surface area contributed by atoms with Crippen molar-refractivity contribution in [2.24, 2.45) is 5.41 Å². The summed E-state index contributed by atoms with van der Waals surface area (Å²) < 4.78 is 5.81. The van der Waals surface area contributed by atoms with Crippen molar-refractivity contribution >= 4 is 0 Å². The third kappa shape index (κ3) is 5.09. The van der Waals surface area contributed by atoms with Crippen molar-refractivity contribution < 1.29 is 4.74 Å². The number of rotatable bonds is 1. The zero-order chi connectivity index (χ0) is 9.73. The first-order valence-electron chi connectivity index (χ1n) is 5.34. The van der Waals surface area contributed by atoms with Gasteiger partial charge in [0.15, 0.2) is 0 Å². The Kier molecular flexibility index (Phi) is 3.98. The quantitative estimate of drug-likeness (QED) is 0.563. The average Bonchev–Trinajstić information content (AvgIpc) is 1.92. The van der Waals surface area contributed by atoms with Crippen molar-refractivity contribution in [1.82, 2.24) is 0 Å². The highest BCUT2D eigenvalue weighted by atomic mass is 16.5. The van der Waals surface area contributed by atoms with Crippen molar-refractivity contribution in [3.05, 3.63) is 12.2 Å². The molecule has 0 saturated heterocycles. The van der Waals surface area contributed by atoms with Gasteiger partial charge in [0.1, 0.15) is 0 Å². The second kappa shape index (κ2) is 4.80. The van der Waals surface area contributed by atoms with Crippen LogP contribution in [0.15, 0.2) is 12.2 Å². The molecule has 1 aliphatic rings. The van der Waals surface area contributed by atoms with E-state index >= 15 is 0 Å². The lowest BCUT2D eigenvalue weighted by Gasteiger charge is -2.26. The summed E-state index contributed by atoms with van der Waals surface area (Å²) in [7, 11) is 0. The van der Waals surface area contributed by atoms with E-state index in [-0.39, 0.29) is 0 Å². The smallest absolute Gasteiger partial charge is 0.0583 e. The second-order valence-corrected chi connectivity index (χ2v) is 5.10. The van der Waals surface area contributed by atoms with Crippen LogP contribution in [0, 0.1) is 5.41 Å². The molecule has 0 aromatic heterocycles. The van der Waals surface area contributed by atoms with Crippen LogP contribution in [-0.4, -0.2) is 12.7 Å². The number of hydrogen-bond donors (Lipinski definition) is 0. The molecule has 13 heavy (non-hydrogen) atoms. The SMILES string of the molecule is CC(C)(C)C[C@@H]1CC/C=C/CCO1. The summed E-state index contributed by atoms with van der Waals surface area (Å²) in [6.07, 6.45) is 9.63. The fraction of sp³-hybridized carbons (Fsp3) is 0.833. The van der Waals surface area contributed by atoms with Gasteiger partial charge in [-0.05, 0) is 31.1 Å². The summed E-state index contributed by atoms with van der Waals surface area (Å²) >= 11 is 0. The highest BCUT2D eigenvalue weighted by Gasteiger charge is 2.18. The van der Waals surface area contributed by atoms with Crippen LogP contribution < -0.4 is 0 Å². The molecule has 0 amide bonds. The van der Waals surface area contributed by atoms with Gasteiger partial charge in [-0.25, -0.2) is 0 Å². The van der Waals surface area contributed by atoms with Crippen LogP contribution in [-0.2, 0) is 4.74 Å². The maximum absolute atomic E-state index is 5.81. The molecule has 1 aliphatic heterocycles. The predicted octanol–water partition coefficient (Wildman–Crippen LogP) is 3.55. The van der Waals surface area contributed by atoms with E-state index in [4.69, 9.17) is 4.74 Å². The van der Waals surface area contributed by atoms with Crippen molar-refractivity contribution in [2.75, 3.05) is 6.61 Å². The first-order chi connectivity index (χ1) is 6.08. The van der Waals surface area contributed by atoms with Gasteiger partial charge in [-0.2, -0.15) is 0 Å². The molecule has 1 heteroatoms. The Labute approximate surface area is 82.2 Å². The molecule has 1 atom stereocenters. The standard InChI is InChI=1S/C12H22O/c1-12(2,3)10-11-8-6-4-5-7-9-13-11/h4-5,11H,6-10H2,1-3H3/b5-4+/t11-/m0/s1. The Morgan fingerprint density at radius 2 is 1.92 bits per heavy atom. The van der Waals surface area contributed by atoms with E-state index in [2.05, 4.69) is 32.9 Å². The van der Waals surface area contributed by atoms with E-state index in [0.29, 0.717) is 11.5 Å². The van der Waals surface area contributed by atoms with Crippen molar-refractivity contribution in [1.29, 1.82) is 0 Å². The Balaban J connectivity index is 2.36. The Hall–Kier alpha value is -0.300. The lowest BCUT2D eigenvalue weighted by Crippen LogP contribution is -2.22. The van der Waals surface area contributed by atoms with Crippen LogP contribution in [0.5, 0.6) is 0 Å². The fourth-order valence-electron chi connectivity index (χ4n) is 1.75. The number of allylic oxidation sites excluding steroid dienone is 1. The third-order valence-corrected chi connectivity index (χ3v) is 2.30. The molecule has 0 aliphatic carbocycles. The van der Waals surface area contributed by atoms with Gasteiger partial charge in [0.25, 0.3) is 0 Å². The molecule has 76 valence electrons. The van der Waals surface area contributed by atoms with E-state index in [0.717, 1.165) is 13.0 Å². The van der Waals surface area contributed by atoms with Crippen LogP contribution in [0.25, 0.3) is 0 Å². The number of ether oxygens (including phenoxy) is 1. The van der Waals surface area contributed by atoms with Crippen LogP contribution in [0.4, 0.5) is 0 Å². The minimum Gasteiger partial charge on any atom is -0.378 e. The number of hydrogen-bond acceptors (Lipinski definition) is 1. The zero-order valence-corrected chi connectivity index (χ0v) is 9.18. The lowest BCUT2D eigenvalue weighted by molar-refractivity contribution is 0.0219. The monoisotopic (exact) mass is 182 g/mol. The lowest BCUT2D eigenvalue weighted by atomic mass is 9.87. The van der Waals surface area contributed by atoms with Gasteiger partial charge >= 0.3 is 0 Å². The summed E-state index contributed by atoms with van der Waals surface area (Å²) in [6, 6.07) is 0. The normalized spacial score (nSPS) is 27.8. The highest BCUT2D eigenvalue weighted by molar-refractivity contribution is 4.85. The first kappa shape index (κ1) is 10.8. The molecule has 0 aromatic carbocycles. The summed E-state index contributed by atoms with van der Waals surface area (Å²) in [5.41, 5.74) is 0.396. The van der Waals surface area contributed by atoms with E-state index in [1.54, 1.807) is 0 Å². The molecule has 0 N–H and O–H groups in total.